The van der Waals surface area contributed by atoms with Crippen LogP contribution in [0, 0.1) is 11.3 Å². The summed E-state index contributed by atoms with van der Waals surface area (Å²) < 4.78 is 1.66. The van der Waals surface area contributed by atoms with Crippen LogP contribution in [0.4, 0.5) is 5.82 Å². The number of hydrogen-bond acceptors (Lipinski definition) is 5. The number of aromatic nitrogens is 2. The first-order valence-electron chi connectivity index (χ1n) is 5.42. The lowest BCUT2D eigenvalue weighted by Gasteiger charge is -2.28. The van der Waals surface area contributed by atoms with Crippen molar-refractivity contribution in [2.45, 2.75) is 6.04 Å². The van der Waals surface area contributed by atoms with Gasteiger partial charge in [-0.1, -0.05) is 0 Å². The molecular formula is C10H12N6O2. The van der Waals surface area contributed by atoms with Gasteiger partial charge in [0.05, 0.1) is 18.3 Å². The molecule has 94 valence electrons. The average molecular weight is 248 g/mol. The van der Waals surface area contributed by atoms with E-state index in [2.05, 4.69) is 21.0 Å². The fraction of sp³-hybridized carbons (Fsp3) is 0.400. The molecule has 2 amide bonds. The first kappa shape index (κ1) is 12.1. The Bertz CT molecular complexity index is 499. The zero-order chi connectivity index (χ0) is 13.0. The topological polar surface area (TPSA) is 112 Å². The molecule has 0 aliphatic carbocycles. The lowest BCUT2D eigenvalue weighted by atomic mass is 10.2. The van der Waals surface area contributed by atoms with E-state index in [1.54, 1.807) is 23.0 Å². The van der Waals surface area contributed by atoms with Crippen molar-refractivity contribution in [3.63, 3.8) is 0 Å². The van der Waals surface area contributed by atoms with Gasteiger partial charge in [0.2, 0.25) is 0 Å². The van der Waals surface area contributed by atoms with Crippen LogP contribution in [0.3, 0.4) is 0 Å². The number of nitrogens with one attached hydrogen (secondary N) is 3. The van der Waals surface area contributed by atoms with Crippen LogP contribution in [0.1, 0.15) is 6.04 Å². The second-order valence-electron chi connectivity index (χ2n) is 3.77. The lowest BCUT2D eigenvalue weighted by Crippen LogP contribution is -2.44. The van der Waals surface area contributed by atoms with Gasteiger partial charge in [0.1, 0.15) is 12.4 Å². The maximum atomic E-state index is 11.5. The summed E-state index contributed by atoms with van der Waals surface area (Å²) in [5.74, 6) is -1.17. The summed E-state index contributed by atoms with van der Waals surface area (Å²) >= 11 is 0. The minimum absolute atomic E-state index is 0.192. The molecule has 0 radical (unpaired) electrons. The summed E-state index contributed by atoms with van der Waals surface area (Å²) in [7, 11) is 0. The van der Waals surface area contributed by atoms with Crippen molar-refractivity contribution >= 4 is 17.6 Å². The number of amides is 2. The van der Waals surface area contributed by atoms with Crippen LogP contribution in [0.5, 0.6) is 0 Å². The molecule has 0 bridgehead atoms. The second-order valence-corrected chi connectivity index (χ2v) is 3.77. The molecule has 0 spiro atoms. The van der Waals surface area contributed by atoms with Crippen LogP contribution in [0.15, 0.2) is 12.3 Å². The number of nitriles is 1. The Kier molecular flexibility index (Phi) is 3.54. The average Bonchev–Trinajstić information content (AvgIpc) is 2.72. The lowest BCUT2D eigenvalue weighted by molar-refractivity contribution is -0.136. The highest BCUT2D eigenvalue weighted by atomic mass is 16.2. The van der Waals surface area contributed by atoms with Gasteiger partial charge in [-0.2, -0.15) is 10.4 Å². The van der Waals surface area contributed by atoms with Gasteiger partial charge in [-0.25, -0.2) is 4.68 Å². The molecule has 1 fully saturated rings. The molecule has 1 aliphatic heterocycles. The molecule has 0 atom stereocenters. The smallest absolute Gasteiger partial charge is 0.314 e. The Balaban J connectivity index is 1.96. The largest absolute Gasteiger partial charge is 0.335 e. The fourth-order valence-electron chi connectivity index (χ4n) is 1.52. The van der Waals surface area contributed by atoms with E-state index in [1.807, 2.05) is 0 Å². The number of hydrogen-bond donors (Lipinski definition) is 3. The van der Waals surface area contributed by atoms with Crippen molar-refractivity contribution < 1.29 is 9.59 Å². The first-order valence-corrected chi connectivity index (χ1v) is 5.42. The van der Waals surface area contributed by atoms with Crippen LogP contribution < -0.4 is 16.0 Å². The highest BCUT2D eigenvalue weighted by Crippen LogP contribution is 2.17. The molecule has 3 N–H and O–H groups in total. The molecule has 2 rings (SSSR count). The molecule has 8 nitrogen and oxygen atoms in total. The van der Waals surface area contributed by atoms with Crippen molar-refractivity contribution in [1.29, 1.82) is 5.26 Å². The summed E-state index contributed by atoms with van der Waals surface area (Å²) in [5.41, 5.74) is 0. The molecule has 18 heavy (non-hydrogen) atoms. The van der Waals surface area contributed by atoms with Gasteiger partial charge >= 0.3 is 11.8 Å². The third kappa shape index (κ3) is 2.46. The summed E-state index contributed by atoms with van der Waals surface area (Å²) in [5, 5.41) is 20.1. The standard InChI is InChI=1S/C10H12N6O2/c11-2-4-13-9(17)10(18)15-8-1-3-14-16(8)7-5-12-6-7/h1,3,7,12H,4-6H2,(H,13,17)(H,15,18). The molecular weight excluding hydrogens is 236 g/mol. The Labute approximate surface area is 103 Å². The maximum Gasteiger partial charge on any atom is 0.314 e. The van der Waals surface area contributed by atoms with E-state index in [0.717, 1.165) is 13.1 Å². The van der Waals surface area contributed by atoms with E-state index in [1.165, 1.54) is 0 Å². The summed E-state index contributed by atoms with van der Waals surface area (Å²) in [4.78, 5) is 22.8. The quantitative estimate of drug-likeness (QED) is 0.450. The van der Waals surface area contributed by atoms with Crippen molar-refractivity contribution in [2.75, 3.05) is 25.0 Å². The Morgan fingerprint density at radius 1 is 1.56 bits per heavy atom. The predicted octanol–water partition coefficient (Wildman–Crippen LogP) is -1.39. The number of rotatable bonds is 3. The van der Waals surface area contributed by atoms with E-state index in [9.17, 15) is 9.59 Å². The van der Waals surface area contributed by atoms with Gasteiger partial charge in [0.25, 0.3) is 0 Å². The predicted molar refractivity (Wildman–Crippen MR) is 61.4 cm³/mol. The van der Waals surface area contributed by atoms with Crippen LogP contribution in [-0.4, -0.2) is 41.2 Å². The molecule has 1 aromatic heterocycles. The second kappa shape index (κ2) is 5.29. The van der Waals surface area contributed by atoms with Crippen molar-refractivity contribution in [1.82, 2.24) is 20.4 Å². The van der Waals surface area contributed by atoms with E-state index in [0.29, 0.717) is 5.82 Å². The molecule has 0 saturated carbocycles. The Hall–Kier alpha value is -2.40. The van der Waals surface area contributed by atoms with E-state index >= 15 is 0 Å². The molecule has 0 aromatic carbocycles. The monoisotopic (exact) mass is 248 g/mol. The van der Waals surface area contributed by atoms with Crippen LogP contribution in [0.25, 0.3) is 0 Å². The number of carbonyl (C=O) groups excluding carboxylic acids is 2. The molecule has 1 saturated heterocycles. The van der Waals surface area contributed by atoms with Gasteiger partial charge in [-0.15, -0.1) is 0 Å². The number of anilines is 1. The van der Waals surface area contributed by atoms with Crippen LogP contribution in [0.2, 0.25) is 0 Å². The van der Waals surface area contributed by atoms with Gasteiger partial charge in [-0.3, -0.25) is 9.59 Å². The molecule has 0 unspecified atom stereocenters. The van der Waals surface area contributed by atoms with Gasteiger partial charge in [0, 0.05) is 19.2 Å². The molecule has 1 aromatic rings. The van der Waals surface area contributed by atoms with Crippen molar-refractivity contribution in [3.8, 4) is 6.07 Å². The summed E-state index contributed by atoms with van der Waals surface area (Å²) in [6, 6.07) is 3.53. The first-order chi connectivity index (χ1) is 8.72. The maximum absolute atomic E-state index is 11.5. The third-order valence-electron chi connectivity index (χ3n) is 2.55. The van der Waals surface area contributed by atoms with Crippen molar-refractivity contribution in [3.05, 3.63) is 12.3 Å². The summed E-state index contributed by atoms with van der Waals surface area (Å²) in [6.45, 7) is 1.37. The molecule has 8 heteroatoms. The van der Waals surface area contributed by atoms with E-state index in [-0.39, 0.29) is 12.6 Å². The minimum Gasteiger partial charge on any atom is -0.335 e. The minimum atomic E-state index is -0.837. The van der Waals surface area contributed by atoms with E-state index in [4.69, 9.17) is 5.26 Å². The normalized spacial score (nSPS) is 14.4. The Morgan fingerprint density at radius 2 is 2.33 bits per heavy atom. The highest BCUT2D eigenvalue weighted by molar-refractivity contribution is 6.39. The third-order valence-corrected chi connectivity index (χ3v) is 2.55. The van der Waals surface area contributed by atoms with Crippen molar-refractivity contribution in [2.24, 2.45) is 0 Å². The van der Waals surface area contributed by atoms with E-state index < -0.39 is 11.8 Å². The van der Waals surface area contributed by atoms with Gasteiger partial charge in [0.15, 0.2) is 0 Å². The highest BCUT2D eigenvalue weighted by Gasteiger charge is 2.23. The fourth-order valence-corrected chi connectivity index (χ4v) is 1.52. The molecule has 2 heterocycles. The van der Waals surface area contributed by atoms with Gasteiger partial charge in [-0.05, 0) is 0 Å². The molecule has 1 aliphatic rings. The number of carbonyl (C=O) groups is 2. The summed E-state index contributed by atoms with van der Waals surface area (Å²) in [6.07, 6.45) is 1.56. The van der Waals surface area contributed by atoms with Gasteiger partial charge < -0.3 is 16.0 Å². The van der Waals surface area contributed by atoms with Crippen LogP contribution >= 0.6 is 0 Å². The SMILES string of the molecule is N#CCNC(=O)C(=O)Nc1ccnn1C1CNC1. The van der Waals surface area contributed by atoms with Crippen LogP contribution in [-0.2, 0) is 9.59 Å². The Morgan fingerprint density at radius 3 is 2.94 bits per heavy atom. The zero-order valence-corrected chi connectivity index (χ0v) is 9.51. The number of nitrogens with zero attached hydrogens (tertiary/aromatic N) is 3. The zero-order valence-electron chi connectivity index (χ0n) is 9.51.